The first kappa shape index (κ1) is 20.3. The van der Waals surface area contributed by atoms with Crippen LogP contribution in [0.2, 0.25) is 0 Å². The zero-order valence-corrected chi connectivity index (χ0v) is 17.7. The van der Waals surface area contributed by atoms with Crippen LogP contribution in [0.4, 0.5) is 11.4 Å². The van der Waals surface area contributed by atoms with E-state index in [1.807, 2.05) is 57.2 Å². The molecule has 0 unspecified atom stereocenters. The van der Waals surface area contributed by atoms with Crippen LogP contribution >= 0.6 is 0 Å². The highest BCUT2D eigenvalue weighted by molar-refractivity contribution is 6.06. The number of nitrogens with one attached hydrogen (secondary N) is 2. The molecule has 0 atom stereocenters. The summed E-state index contributed by atoms with van der Waals surface area (Å²) in [7, 11) is 0. The minimum atomic E-state index is -0.215. The van der Waals surface area contributed by atoms with Crippen molar-refractivity contribution in [3.63, 3.8) is 0 Å². The van der Waals surface area contributed by atoms with Gasteiger partial charge in [-0.1, -0.05) is 32.0 Å². The molecule has 0 spiro atoms. The second kappa shape index (κ2) is 8.44. The summed E-state index contributed by atoms with van der Waals surface area (Å²) >= 11 is 0. The number of hydrogen-bond donors (Lipinski definition) is 2. The number of carbonyl (C=O) groups is 2. The lowest BCUT2D eigenvalue weighted by atomic mass is 10.1. The van der Waals surface area contributed by atoms with Crippen molar-refractivity contribution in [1.29, 1.82) is 0 Å². The number of carbonyl (C=O) groups excluding carboxylic acids is 2. The van der Waals surface area contributed by atoms with Gasteiger partial charge in [-0.2, -0.15) is 0 Å². The Kier molecular flexibility index (Phi) is 5.54. The minimum absolute atomic E-state index is 0.0460. The van der Waals surface area contributed by atoms with Gasteiger partial charge in [-0.25, -0.2) is 4.98 Å². The van der Waals surface area contributed by atoms with Crippen LogP contribution in [-0.4, -0.2) is 21.4 Å². The van der Waals surface area contributed by atoms with E-state index < -0.39 is 0 Å². The van der Waals surface area contributed by atoms with Gasteiger partial charge < -0.3 is 10.6 Å². The Morgan fingerprint density at radius 2 is 1.52 bits per heavy atom. The number of aryl methyl sites for hydroxylation is 1. The molecule has 31 heavy (non-hydrogen) atoms. The molecule has 0 radical (unpaired) electrons. The third-order valence-corrected chi connectivity index (χ3v) is 5.03. The van der Waals surface area contributed by atoms with Gasteiger partial charge in [0.2, 0.25) is 5.91 Å². The van der Waals surface area contributed by atoms with E-state index in [9.17, 15) is 9.59 Å². The van der Waals surface area contributed by atoms with Crippen molar-refractivity contribution in [2.24, 2.45) is 5.92 Å². The zero-order valence-electron chi connectivity index (χ0n) is 17.7. The summed E-state index contributed by atoms with van der Waals surface area (Å²) in [5.41, 5.74) is 4.62. The molecule has 0 fully saturated rings. The summed E-state index contributed by atoms with van der Waals surface area (Å²) in [5.74, 6) is 0.504. The molecule has 6 heteroatoms. The number of hydrogen-bond acceptors (Lipinski definition) is 3. The van der Waals surface area contributed by atoms with Crippen LogP contribution in [0.1, 0.15) is 30.0 Å². The lowest BCUT2D eigenvalue weighted by molar-refractivity contribution is -0.118. The monoisotopic (exact) mass is 412 g/mol. The molecule has 0 bridgehead atoms. The normalized spacial score (nSPS) is 11.0. The molecule has 2 amide bonds. The van der Waals surface area contributed by atoms with E-state index in [2.05, 4.69) is 20.2 Å². The molecule has 156 valence electrons. The van der Waals surface area contributed by atoms with Crippen LogP contribution in [-0.2, 0) is 4.79 Å². The summed E-state index contributed by atoms with van der Waals surface area (Å²) in [6, 6.07) is 22.6. The third kappa shape index (κ3) is 4.33. The fourth-order valence-electron chi connectivity index (χ4n) is 3.37. The summed E-state index contributed by atoms with van der Waals surface area (Å²) in [6.07, 6.45) is 0. The Labute approximate surface area is 180 Å². The number of nitrogens with zero attached hydrogens (tertiary/aromatic N) is 2. The first-order valence-electron chi connectivity index (χ1n) is 10.2. The van der Waals surface area contributed by atoms with E-state index in [1.165, 1.54) is 0 Å². The quantitative estimate of drug-likeness (QED) is 0.474. The van der Waals surface area contributed by atoms with Gasteiger partial charge in [0.25, 0.3) is 5.91 Å². The average Bonchev–Trinajstić information content (AvgIpc) is 3.10. The topological polar surface area (TPSA) is 76.0 Å². The average molecular weight is 412 g/mol. The Hall–Kier alpha value is -3.93. The Morgan fingerprint density at radius 3 is 2.16 bits per heavy atom. The van der Waals surface area contributed by atoms with Crippen LogP contribution in [0.5, 0.6) is 0 Å². The molecule has 2 N–H and O–H groups in total. The summed E-state index contributed by atoms with van der Waals surface area (Å²) in [4.78, 5) is 29.2. The molecule has 1 aromatic heterocycles. The number of anilines is 2. The van der Waals surface area contributed by atoms with Gasteiger partial charge >= 0.3 is 0 Å². The predicted octanol–water partition coefficient (Wildman–Crippen LogP) is 5.18. The Bertz CT molecular complexity index is 1240. The highest BCUT2D eigenvalue weighted by Crippen LogP contribution is 2.23. The summed E-state index contributed by atoms with van der Waals surface area (Å²) in [6.45, 7) is 5.63. The SMILES string of the molecule is Cc1nc2cc(C(=O)Nc3ccc(NC(=O)C(C)C)cc3)ccc2n1-c1ccccc1. The smallest absolute Gasteiger partial charge is 0.255 e. The van der Waals surface area contributed by atoms with Crippen LogP contribution in [0.15, 0.2) is 72.8 Å². The molecule has 3 aromatic carbocycles. The number of fused-ring (bicyclic) bond motifs is 1. The Balaban J connectivity index is 1.53. The van der Waals surface area contributed by atoms with Gasteiger partial charge in [-0.15, -0.1) is 0 Å². The maximum Gasteiger partial charge on any atom is 0.255 e. The summed E-state index contributed by atoms with van der Waals surface area (Å²) in [5, 5.41) is 5.73. The van der Waals surface area contributed by atoms with Gasteiger partial charge in [-0.05, 0) is 61.5 Å². The summed E-state index contributed by atoms with van der Waals surface area (Å²) < 4.78 is 2.07. The van der Waals surface area contributed by atoms with Gasteiger partial charge in [0, 0.05) is 28.5 Å². The number of para-hydroxylation sites is 1. The van der Waals surface area contributed by atoms with Crippen molar-refractivity contribution >= 4 is 34.2 Å². The number of aromatic nitrogens is 2. The standard InChI is InChI=1S/C25H24N4O2/c1-16(2)24(30)27-19-10-12-20(13-11-19)28-25(31)18-9-14-23-22(15-18)26-17(3)29(23)21-7-5-4-6-8-21/h4-16H,1-3H3,(H,27,30)(H,28,31). The molecule has 4 aromatic rings. The van der Waals surface area contributed by atoms with E-state index in [4.69, 9.17) is 0 Å². The fraction of sp³-hybridized carbons (Fsp3) is 0.160. The predicted molar refractivity (Wildman–Crippen MR) is 124 cm³/mol. The van der Waals surface area contributed by atoms with Crippen LogP contribution < -0.4 is 10.6 Å². The second-order valence-corrected chi connectivity index (χ2v) is 7.71. The molecule has 0 aliphatic carbocycles. The van der Waals surface area contributed by atoms with Gasteiger partial charge in [0.1, 0.15) is 5.82 Å². The lowest BCUT2D eigenvalue weighted by Crippen LogP contribution is -2.17. The highest BCUT2D eigenvalue weighted by atomic mass is 16.2. The lowest BCUT2D eigenvalue weighted by Gasteiger charge is -2.10. The van der Waals surface area contributed by atoms with E-state index in [0.29, 0.717) is 16.9 Å². The van der Waals surface area contributed by atoms with E-state index >= 15 is 0 Å². The fourth-order valence-corrected chi connectivity index (χ4v) is 3.37. The molecule has 0 aliphatic heterocycles. The van der Waals surface area contributed by atoms with Crippen molar-refractivity contribution in [3.05, 3.63) is 84.2 Å². The molecule has 1 heterocycles. The molecular formula is C25H24N4O2. The molecule has 0 saturated carbocycles. The largest absolute Gasteiger partial charge is 0.326 e. The number of imidazole rings is 1. The third-order valence-electron chi connectivity index (χ3n) is 5.03. The van der Waals surface area contributed by atoms with Crippen LogP contribution in [0, 0.1) is 12.8 Å². The van der Waals surface area contributed by atoms with Gasteiger partial charge in [0.15, 0.2) is 0 Å². The van der Waals surface area contributed by atoms with Crippen LogP contribution in [0.3, 0.4) is 0 Å². The first-order chi connectivity index (χ1) is 14.9. The number of amides is 2. The van der Waals surface area contributed by atoms with Crippen molar-refractivity contribution in [2.45, 2.75) is 20.8 Å². The zero-order chi connectivity index (χ0) is 22.0. The van der Waals surface area contributed by atoms with Crippen molar-refractivity contribution in [2.75, 3.05) is 10.6 Å². The maximum atomic E-state index is 12.8. The molecule has 6 nitrogen and oxygen atoms in total. The maximum absolute atomic E-state index is 12.8. The molecule has 0 saturated heterocycles. The second-order valence-electron chi connectivity index (χ2n) is 7.71. The molecule has 0 aliphatic rings. The number of rotatable bonds is 5. The van der Waals surface area contributed by atoms with Crippen molar-refractivity contribution in [1.82, 2.24) is 9.55 Å². The number of benzene rings is 3. The first-order valence-corrected chi connectivity index (χ1v) is 10.2. The van der Waals surface area contributed by atoms with E-state index in [-0.39, 0.29) is 17.7 Å². The van der Waals surface area contributed by atoms with Crippen molar-refractivity contribution < 1.29 is 9.59 Å². The van der Waals surface area contributed by atoms with Crippen molar-refractivity contribution in [3.8, 4) is 5.69 Å². The highest BCUT2D eigenvalue weighted by Gasteiger charge is 2.13. The van der Waals surface area contributed by atoms with Gasteiger partial charge in [-0.3, -0.25) is 14.2 Å². The van der Waals surface area contributed by atoms with E-state index in [1.54, 1.807) is 36.4 Å². The van der Waals surface area contributed by atoms with Crippen LogP contribution in [0.25, 0.3) is 16.7 Å². The van der Waals surface area contributed by atoms with Gasteiger partial charge in [0.05, 0.1) is 11.0 Å². The Morgan fingerprint density at radius 1 is 0.871 bits per heavy atom. The minimum Gasteiger partial charge on any atom is -0.326 e. The van der Waals surface area contributed by atoms with E-state index in [0.717, 1.165) is 22.5 Å². The molecular weight excluding hydrogens is 388 g/mol. The molecule has 4 rings (SSSR count).